The SMILES string of the molecule is CC(C)(C)OC(=O)CC1CCC(C(=O)NC(Cc2ccccc2)c2nc(-c3ccc(CC(=O)O)cc3)c[nH]2)CC1. The maximum atomic E-state index is 13.4. The number of nitrogens with one attached hydrogen (secondary N) is 2. The number of hydrogen-bond acceptors (Lipinski definition) is 5. The summed E-state index contributed by atoms with van der Waals surface area (Å²) in [6.07, 6.45) is 5.90. The van der Waals surface area contributed by atoms with Crippen molar-refractivity contribution in [2.45, 2.75) is 77.4 Å². The highest BCUT2D eigenvalue weighted by Gasteiger charge is 2.30. The summed E-state index contributed by atoms with van der Waals surface area (Å²) in [6, 6.07) is 17.0. The summed E-state index contributed by atoms with van der Waals surface area (Å²) in [6.45, 7) is 5.62. The van der Waals surface area contributed by atoms with Crippen LogP contribution in [-0.2, 0) is 32.0 Å². The van der Waals surface area contributed by atoms with E-state index in [0.29, 0.717) is 18.7 Å². The van der Waals surface area contributed by atoms with Crippen LogP contribution in [0.25, 0.3) is 11.3 Å². The van der Waals surface area contributed by atoms with Crippen LogP contribution < -0.4 is 5.32 Å². The molecule has 0 aliphatic heterocycles. The Bertz CT molecular complexity index is 1290. The molecule has 1 aromatic heterocycles. The molecule has 2 aromatic carbocycles. The van der Waals surface area contributed by atoms with Gasteiger partial charge < -0.3 is 20.1 Å². The summed E-state index contributed by atoms with van der Waals surface area (Å²) in [5.74, 6) is -0.231. The predicted octanol–water partition coefficient (Wildman–Crippen LogP) is 5.64. The number of carbonyl (C=O) groups is 3. The zero-order valence-corrected chi connectivity index (χ0v) is 23.5. The van der Waals surface area contributed by atoms with Crippen LogP contribution in [0.15, 0.2) is 60.8 Å². The Morgan fingerprint density at radius 3 is 2.30 bits per heavy atom. The highest BCUT2D eigenvalue weighted by atomic mass is 16.6. The minimum Gasteiger partial charge on any atom is -0.481 e. The number of imidazole rings is 1. The molecule has 3 aromatic rings. The lowest BCUT2D eigenvalue weighted by molar-refractivity contribution is -0.156. The van der Waals surface area contributed by atoms with Gasteiger partial charge in [0, 0.05) is 24.1 Å². The van der Waals surface area contributed by atoms with Gasteiger partial charge in [0.25, 0.3) is 0 Å². The normalized spacial score (nSPS) is 18.1. The van der Waals surface area contributed by atoms with Crippen LogP contribution in [0.2, 0.25) is 0 Å². The van der Waals surface area contributed by atoms with Gasteiger partial charge in [-0.25, -0.2) is 4.98 Å². The Morgan fingerprint density at radius 1 is 1.00 bits per heavy atom. The lowest BCUT2D eigenvalue weighted by Crippen LogP contribution is -2.37. The molecule has 0 bridgehead atoms. The molecule has 1 aliphatic carbocycles. The number of nitrogens with zero attached hydrogens (tertiary/aromatic N) is 1. The highest BCUT2D eigenvalue weighted by molar-refractivity contribution is 5.79. The fraction of sp³-hybridized carbons (Fsp3) is 0.438. The fourth-order valence-corrected chi connectivity index (χ4v) is 5.23. The maximum Gasteiger partial charge on any atom is 0.307 e. The van der Waals surface area contributed by atoms with Gasteiger partial charge in [-0.15, -0.1) is 0 Å². The number of rotatable bonds is 10. The van der Waals surface area contributed by atoms with Crippen molar-refractivity contribution >= 4 is 17.8 Å². The van der Waals surface area contributed by atoms with E-state index in [4.69, 9.17) is 14.8 Å². The second-order valence-corrected chi connectivity index (χ2v) is 11.7. The van der Waals surface area contributed by atoms with Gasteiger partial charge in [-0.2, -0.15) is 0 Å². The lowest BCUT2D eigenvalue weighted by Gasteiger charge is -2.29. The molecule has 0 saturated heterocycles. The number of benzene rings is 2. The van der Waals surface area contributed by atoms with Gasteiger partial charge in [-0.05, 0) is 69.9 Å². The number of amides is 1. The summed E-state index contributed by atoms with van der Waals surface area (Å²) in [4.78, 5) is 44.7. The first kappa shape index (κ1) is 29.1. The number of carbonyl (C=O) groups excluding carboxylic acids is 2. The molecule has 0 spiro atoms. The molecule has 8 heteroatoms. The van der Waals surface area contributed by atoms with E-state index in [9.17, 15) is 14.4 Å². The molecule has 0 radical (unpaired) electrons. The largest absolute Gasteiger partial charge is 0.481 e. The van der Waals surface area contributed by atoms with Crippen molar-refractivity contribution in [2.75, 3.05) is 0 Å². The first-order valence-electron chi connectivity index (χ1n) is 14.0. The van der Waals surface area contributed by atoms with E-state index in [0.717, 1.165) is 48.1 Å². The van der Waals surface area contributed by atoms with Crippen molar-refractivity contribution < 1.29 is 24.2 Å². The van der Waals surface area contributed by atoms with Gasteiger partial charge in [0.15, 0.2) is 0 Å². The van der Waals surface area contributed by atoms with Gasteiger partial charge in [0.05, 0.1) is 18.2 Å². The van der Waals surface area contributed by atoms with E-state index < -0.39 is 11.6 Å². The fourth-order valence-electron chi connectivity index (χ4n) is 5.23. The molecule has 1 fully saturated rings. The molecule has 1 atom stereocenters. The number of ether oxygens (including phenoxy) is 1. The zero-order chi connectivity index (χ0) is 28.7. The second kappa shape index (κ2) is 12.9. The summed E-state index contributed by atoms with van der Waals surface area (Å²) in [5.41, 5.74) is 2.92. The van der Waals surface area contributed by atoms with E-state index >= 15 is 0 Å². The van der Waals surface area contributed by atoms with Crippen LogP contribution in [0.1, 0.15) is 75.9 Å². The van der Waals surface area contributed by atoms with E-state index in [1.54, 1.807) is 12.1 Å². The van der Waals surface area contributed by atoms with Gasteiger partial charge in [0.1, 0.15) is 11.4 Å². The van der Waals surface area contributed by atoms with E-state index in [1.807, 2.05) is 69.4 Å². The highest BCUT2D eigenvalue weighted by Crippen LogP contribution is 2.32. The Hall–Kier alpha value is -3.94. The summed E-state index contributed by atoms with van der Waals surface area (Å²) >= 11 is 0. The number of aromatic amines is 1. The number of aliphatic carboxylic acids is 1. The predicted molar refractivity (Wildman–Crippen MR) is 152 cm³/mol. The lowest BCUT2D eigenvalue weighted by atomic mass is 9.80. The Morgan fingerprint density at radius 2 is 1.68 bits per heavy atom. The van der Waals surface area contributed by atoms with Crippen LogP contribution in [-0.4, -0.2) is 38.5 Å². The maximum absolute atomic E-state index is 13.4. The third kappa shape index (κ3) is 8.53. The minimum absolute atomic E-state index is 0.00706. The van der Waals surface area contributed by atoms with Crippen LogP contribution in [0, 0.1) is 11.8 Å². The summed E-state index contributed by atoms with van der Waals surface area (Å²) in [7, 11) is 0. The first-order chi connectivity index (χ1) is 19.1. The van der Waals surface area contributed by atoms with Crippen molar-refractivity contribution in [1.82, 2.24) is 15.3 Å². The van der Waals surface area contributed by atoms with Crippen molar-refractivity contribution in [2.24, 2.45) is 11.8 Å². The third-order valence-corrected chi connectivity index (χ3v) is 7.22. The zero-order valence-electron chi connectivity index (χ0n) is 23.5. The van der Waals surface area contributed by atoms with Crippen molar-refractivity contribution in [1.29, 1.82) is 0 Å². The number of esters is 1. The van der Waals surface area contributed by atoms with Crippen molar-refractivity contribution in [3.8, 4) is 11.3 Å². The number of hydrogen-bond donors (Lipinski definition) is 3. The van der Waals surface area contributed by atoms with Gasteiger partial charge >= 0.3 is 11.9 Å². The number of carboxylic acids is 1. The topological polar surface area (TPSA) is 121 Å². The third-order valence-electron chi connectivity index (χ3n) is 7.22. The molecule has 1 aliphatic rings. The summed E-state index contributed by atoms with van der Waals surface area (Å²) in [5, 5.41) is 12.3. The number of H-pyrrole nitrogens is 1. The molecule has 1 heterocycles. The quantitative estimate of drug-likeness (QED) is 0.284. The molecule has 8 nitrogen and oxygen atoms in total. The van der Waals surface area contributed by atoms with Crippen LogP contribution >= 0.6 is 0 Å². The van der Waals surface area contributed by atoms with Gasteiger partial charge in [-0.3, -0.25) is 14.4 Å². The monoisotopic (exact) mass is 545 g/mol. The average molecular weight is 546 g/mol. The van der Waals surface area contributed by atoms with Gasteiger partial charge in [0.2, 0.25) is 5.91 Å². The molecule has 1 unspecified atom stereocenters. The Labute approximate surface area is 235 Å². The molecule has 1 saturated carbocycles. The van der Waals surface area contributed by atoms with E-state index in [-0.39, 0.29) is 36.2 Å². The summed E-state index contributed by atoms with van der Waals surface area (Å²) < 4.78 is 5.48. The molecular weight excluding hydrogens is 506 g/mol. The van der Waals surface area contributed by atoms with Crippen LogP contribution in [0.3, 0.4) is 0 Å². The minimum atomic E-state index is -0.870. The standard InChI is InChI=1S/C32H39N3O5/c1-32(2,3)40-29(38)19-23-11-15-25(16-12-23)31(39)35-26(17-21-7-5-4-6-8-21)30-33-20-27(34-30)24-13-9-22(10-14-24)18-28(36)37/h4-10,13-14,20,23,25-26H,11-12,15-19H2,1-3H3,(H,33,34)(H,35,39)(H,36,37). The second-order valence-electron chi connectivity index (χ2n) is 11.7. The molecule has 3 N–H and O–H groups in total. The van der Waals surface area contributed by atoms with Crippen molar-refractivity contribution in [3.63, 3.8) is 0 Å². The van der Waals surface area contributed by atoms with Crippen LogP contribution in [0.4, 0.5) is 0 Å². The van der Waals surface area contributed by atoms with Crippen molar-refractivity contribution in [3.05, 3.63) is 77.7 Å². The van der Waals surface area contributed by atoms with E-state index in [1.165, 1.54) is 0 Å². The number of aromatic nitrogens is 2. The smallest absolute Gasteiger partial charge is 0.307 e. The Balaban J connectivity index is 1.41. The molecule has 4 rings (SSSR count). The average Bonchev–Trinajstić information content (AvgIpc) is 3.39. The molecule has 40 heavy (non-hydrogen) atoms. The van der Waals surface area contributed by atoms with Gasteiger partial charge in [-0.1, -0.05) is 54.6 Å². The number of carboxylic acid groups (broad SMARTS) is 1. The molecule has 212 valence electrons. The van der Waals surface area contributed by atoms with Crippen LogP contribution in [0.5, 0.6) is 0 Å². The van der Waals surface area contributed by atoms with E-state index in [2.05, 4.69) is 10.3 Å². The molecule has 1 amide bonds. The molecular formula is C32H39N3O5. The first-order valence-corrected chi connectivity index (χ1v) is 14.0. The Kier molecular flexibility index (Phi) is 9.40.